The van der Waals surface area contributed by atoms with E-state index in [1.165, 1.54) is 6.07 Å². The SMILES string of the molecule is O=C(N[C@H](CCO)C(=O)O)c1cc(Br)c[nH]1. The van der Waals surface area contributed by atoms with Gasteiger partial charge in [0, 0.05) is 23.7 Å². The minimum Gasteiger partial charge on any atom is -0.480 e. The zero-order chi connectivity index (χ0) is 12.1. The number of carbonyl (C=O) groups is 2. The van der Waals surface area contributed by atoms with Crippen LogP contribution in [0.3, 0.4) is 0 Å². The average Bonchev–Trinajstić information content (AvgIpc) is 2.64. The Balaban J connectivity index is 2.65. The van der Waals surface area contributed by atoms with Crippen LogP contribution in [-0.2, 0) is 4.79 Å². The molecule has 0 bridgehead atoms. The van der Waals surface area contributed by atoms with Crippen LogP contribution in [0, 0.1) is 0 Å². The molecule has 0 radical (unpaired) electrons. The van der Waals surface area contributed by atoms with Gasteiger partial charge in [-0.3, -0.25) is 4.79 Å². The summed E-state index contributed by atoms with van der Waals surface area (Å²) in [5.41, 5.74) is 0.260. The summed E-state index contributed by atoms with van der Waals surface area (Å²) in [6.07, 6.45) is 1.54. The van der Waals surface area contributed by atoms with Crippen molar-refractivity contribution in [3.8, 4) is 0 Å². The number of aliphatic carboxylic acids is 1. The zero-order valence-electron chi connectivity index (χ0n) is 8.24. The van der Waals surface area contributed by atoms with Crippen LogP contribution in [0.25, 0.3) is 0 Å². The summed E-state index contributed by atoms with van der Waals surface area (Å²) in [5.74, 6) is -1.69. The summed E-state index contributed by atoms with van der Waals surface area (Å²) in [4.78, 5) is 24.9. The highest BCUT2D eigenvalue weighted by molar-refractivity contribution is 9.10. The maximum Gasteiger partial charge on any atom is 0.326 e. The van der Waals surface area contributed by atoms with Crippen molar-refractivity contribution in [3.05, 3.63) is 22.4 Å². The third-order valence-electron chi connectivity index (χ3n) is 1.91. The van der Waals surface area contributed by atoms with Crippen LogP contribution in [0.2, 0.25) is 0 Å². The van der Waals surface area contributed by atoms with Gasteiger partial charge in [0.1, 0.15) is 11.7 Å². The number of carboxylic acid groups (broad SMARTS) is 1. The first kappa shape index (κ1) is 12.7. The first-order valence-electron chi connectivity index (χ1n) is 4.53. The molecule has 1 amide bonds. The number of aliphatic hydroxyl groups excluding tert-OH is 1. The Hall–Kier alpha value is -1.34. The van der Waals surface area contributed by atoms with Gasteiger partial charge in [-0.05, 0) is 22.0 Å². The minimum absolute atomic E-state index is 0.0248. The second-order valence-electron chi connectivity index (χ2n) is 3.11. The Morgan fingerprint density at radius 1 is 1.56 bits per heavy atom. The number of aliphatic hydroxyl groups is 1. The molecule has 88 valence electrons. The summed E-state index contributed by atoms with van der Waals surface area (Å²) < 4.78 is 0.701. The molecule has 0 aliphatic rings. The van der Waals surface area contributed by atoms with Gasteiger partial charge in [0.25, 0.3) is 5.91 Å². The second kappa shape index (κ2) is 5.66. The number of aromatic nitrogens is 1. The fourth-order valence-electron chi connectivity index (χ4n) is 1.12. The first-order valence-corrected chi connectivity index (χ1v) is 5.32. The van der Waals surface area contributed by atoms with Gasteiger partial charge in [0.05, 0.1) is 0 Å². The van der Waals surface area contributed by atoms with E-state index in [-0.39, 0.29) is 18.7 Å². The van der Waals surface area contributed by atoms with E-state index in [4.69, 9.17) is 10.2 Å². The molecule has 0 spiro atoms. The molecule has 0 saturated heterocycles. The number of halogens is 1. The molecule has 0 aliphatic heterocycles. The predicted octanol–water partition coefficient (Wildman–Crippen LogP) is 0.343. The van der Waals surface area contributed by atoms with E-state index in [1.54, 1.807) is 6.20 Å². The number of H-pyrrole nitrogens is 1. The number of amides is 1. The minimum atomic E-state index is -1.17. The van der Waals surface area contributed by atoms with Crippen molar-refractivity contribution in [2.75, 3.05) is 6.61 Å². The van der Waals surface area contributed by atoms with Crippen molar-refractivity contribution in [1.82, 2.24) is 10.3 Å². The lowest BCUT2D eigenvalue weighted by Gasteiger charge is -2.12. The van der Waals surface area contributed by atoms with E-state index in [1.807, 2.05) is 0 Å². The van der Waals surface area contributed by atoms with E-state index >= 15 is 0 Å². The standard InChI is InChI=1S/C9H11BrN2O4/c10-5-3-7(11-4-5)8(14)12-6(1-2-13)9(15)16/h3-4,6,11,13H,1-2H2,(H,12,14)(H,15,16)/t6-/m1/s1. The Bertz CT molecular complexity index is 391. The van der Waals surface area contributed by atoms with Gasteiger partial charge >= 0.3 is 5.97 Å². The number of aromatic amines is 1. The van der Waals surface area contributed by atoms with Crippen LogP contribution in [-0.4, -0.2) is 39.7 Å². The number of rotatable bonds is 5. The molecule has 1 atom stereocenters. The van der Waals surface area contributed by atoms with Crippen molar-refractivity contribution in [2.45, 2.75) is 12.5 Å². The molecule has 1 aromatic rings. The third kappa shape index (κ3) is 3.35. The lowest BCUT2D eigenvalue weighted by molar-refractivity contribution is -0.139. The van der Waals surface area contributed by atoms with Gasteiger partial charge < -0.3 is 20.5 Å². The molecule has 1 heterocycles. The highest BCUT2D eigenvalue weighted by Gasteiger charge is 2.20. The van der Waals surface area contributed by atoms with Crippen LogP contribution in [0.15, 0.2) is 16.7 Å². The predicted molar refractivity (Wildman–Crippen MR) is 59.1 cm³/mol. The van der Waals surface area contributed by atoms with Gasteiger partial charge in [-0.25, -0.2) is 4.79 Å². The third-order valence-corrected chi connectivity index (χ3v) is 2.37. The normalized spacial score (nSPS) is 12.1. The fourth-order valence-corrected chi connectivity index (χ4v) is 1.46. The summed E-state index contributed by atoms with van der Waals surface area (Å²) in [5, 5.41) is 19.7. The van der Waals surface area contributed by atoms with Crippen LogP contribution >= 0.6 is 15.9 Å². The highest BCUT2D eigenvalue weighted by atomic mass is 79.9. The molecule has 4 N–H and O–H groups in total. The number of hydrogen-bond donors (Lipinski definition) is 4. The smallest absolute Gasteiger partial charge is 0.326 e. The number of hydrogen-bond acceptors (Lipinski definition) is 3. The molecule has 7 heteroatoms. The Morgan fingerprint density at radius 3 is 2.69 bits per heavy atom. The zero-order valence-corrected chi connectivity index (χ0v) is 9.82. The fraction of sp³-hybridized carbons (Fsp3) is 0.333. The Labute approximate surface area is 99.8 Å². The van der Waals surface area contributed by atoms with E-state index in [2.05, 4.69) is 26.2 Å². The van der Waals surface area contributed by atoms with Gasteiger partial charge in [0.15, 0.2) is 0 Å². The topological polar surface area (TPSA) is 102 Å². The molecule has 6 nitrogen and oxygen atoms in total. The number of carboxylic acids is 1. The van der Waals surface area contributed by atoms with Gasteiger partial charge in [-0.1, -0.05) is 0 Å². The molecule has 0 aliphatic carbocycles. The summed E-state index contributed by atoms with van der Waals surface area (Å²) in [7, 11) is 0. The summed E-state index contributed by atoms with van der Waals surface area (Å²) in [6.45, 7) is -0.300. The Morgan fingerprint density at radius 2 is 2.25 bits per heavy atom. The van der Waals surface area contributed by atoms with Gasteiger partial charge in [0.2, 0.25) is 0 Å². The first-order chi connectivity index (χ1) is 7.54. The molecule has 1 rings (SSSR count). The lowest BCUT2D eigenvalue weighted by atomic mass is 10.2. The number of nitrogens with one attached hydrogen (secondary N) is 2. The van der Waals surface area contributed by atoms with Crippen LogP contribution in [0.4, 0.5) is 0 Å². The van der Waals surface area contributed by atoms with Crippen LogP contribution < -0.4 is 5.32 Å². The van der Waals surface area contributed by atoms with E-state index in [0.29, 0.717) is 4.47 Å². The summed E-state index contributed by atoms with van der Waals surface area (Å²) in [6, 6.07) is 0.451. The quantitative estimate of drug-likeness (QED) is 0.628. The highest BCUT2D eigenvalue weighted by Crippen LogP contribution is 2.10. The Kier molecular flexibility index (Phi) is 4.51. The lowest BCUT2D eigenvalue weighted by Crippen LogP contribution is -2.41. The molecular formula is C9H11BrN2O4. The molecule has 1 aromatic heterocycles. The van der Waals surface area contributed by atoms with Crippen LogP contribution in [0.5, 0.6) is 0 Å². The second-order valence-corrected chi connectivity index (χ2v) is 4.02. The van der Waals surface area contributed by atoms with E-state index in [0.717, 1.165) is 0 Å². The maximum absolute atomic E-state index is 11.5. The summed E-state index contributed by atoms with van der Waals surface area (Å²) >= 11 is 3.16. The molecule has 0 unspecified atom stereocenters. The van der Waals surface area contributed by atoms with E-state index in [9.17, 15) is 9.59 Å². The molecular weight excluding hydrogens is 280 g/mol. The van der Waals surface area contributed by atoms with Crippen molar-refractivity contribution in [3.63, 3.8) is 0 Å². The molecule has 0 aromatic carbocycles. The monoisotopic (exact) mass is 290 g/mol. The van der Waals surface area contributed by atoms with Gasteiger partial charge in [-0.2, -0.15) is 0 Å². The van der Waals surface area contributed by atoms with Crippen molar-refractivity contribution in [2.24, 2.45) is 0 Å². The maximum atomic E-state index is 11.5. The molecule has 0 fully saturated rings. The molecule has 16 heavy (non-hydrogen) atoms. The molecule has 0 saturated carbocycles. The number of carbonyl (C=O) groups excluding carboxylic acids is 1. The van der Waals surface area contributed by atoms with E-state index < -0.39 is 17.9 Å². The van der Waals surface area contributed by atoms with Gasteiger partial charge in [-0.15, -0.1) is 0 Å². The largest absolute Gasteiger partial charge is 0.480 e. The van der Waals surface area contributed by atoms with Crippen molar-refractivity contribution in [1.29, 1.82) is 0 Å². The average molecular weight is 291 g/mol. The van der Waals surface area contributed by atoms with Crippen molar-refractivity contribution >= 4 is 27.8 Å². The van der Waals surface area contributed by atoms with Crippen LogP contribution in [0.1, 0.15) is 16.9 Å². The van der Waals surface area contributed by atoms with Crippen molar-refractivity contribution < 1.29 is 19.8 Å².